The molecule has 21 heavy (non-hydrogen) atoms. The second-order valence-electron chi connectivity index (χ2n) is 4.62. The Morgan fingerprint density at radius 3 is 2.52 bits per heavy atom. The van der Waals surface area contributed by atoms with E-state index < -0.39 is 10.0 Å². The Morgan fingerprint density at radius 1 is 1.24 bits per heavy atom. The van der Waals surface area contributed by atoms with Crippen LogP contribution in [-0.2, 0) is 14.9 Å². The van der Waals surface area contributed by atoms with E-state index in [0.717, 1.165) is 21.7 Å². The fraction of sp³-hybridized carbons (Fsp3) is 0.455. The van der Waals surface area contributed by atoms with Gasteiger partial charge in [0.25, 0.3) is 0 Å². The molecule has 0 unspecified atom stereocenters. The third-order valence-corrected chi connectivity index (χ3v) is 5.45. The second kappa shape index (κ2) is 6.20. The average molecular weight is 331 g/mol. The topological polar surface area (TPSA) is 102 Å². The minimum absolute atomic E-state index is 0.156. The van der Waals surface area contributed by atoms with Crippen molar-refractivity contribution in [1.82, 2.24) is 13.1 Å². The molecule has 0 saturated heterocycles. The zero-order valence-electron chi connectivity index (χ0n) is 12.0. The first-order valence-corrected chi connectivity index (χ1v) is 8.27. The van der Waals surface area contributed by atoms with Crippen LogP contribution in [0.3, 0.4) is 0 Å². The molecule has 8 nitrogen and oxygen atoms in total. The van der Waals surface area contributed by atoms with Gasteiger partial charge >= 0.3 is 0 Å². The van der Waals surface area contributed by atoms with E-state index in [1.54, 1.807) is 12.1 Å². The summed E-state index contributed by atoms with van der Waals surface area (Å²) in [6, 6.07) is 3.27. The minimum atomic E-state index is -3.56. The molecule has 0 bridgehead atoms. The largest absolute Gasteiger partial charge is 0.370 e. The van der Waals surface area contributed by atoms with Crippen LogP contribution in [-0.4, -0.2) is 55.8 Å². The summed E-state index contributed by atoms with van der Waals surface area (Å²) in [6.07, 6.45) is 0. The first-order chi connectivity index (χ1) is 9.89. The van der Waals surface area contributed by atoms with Crippen LogP contribution in [0.1, 0.15) is 0 Å². The van der Waals surface area contributed by atoms with Crippen molar-refractivity contribution in [3.63, 3.8) is 0 Å². The number of anilines is 1. The molecule has 0 aliphatic carbocycles. The van der Waals surface area contributed by atoms with Gasteiger partial charge in [0.15, 0.2) is 0 Å². The predicted octanol–water partition coefficient (Wildman–Crippen LogP) is 0.268. The molecule has 2 N–H and O–H groups in total. The third kappa shape index (κ3) is 2.99. The van der Waals surface area contributed by atoms with Crippen LogP contribution in [0.25, 0.3) is 11.0 Å². The molecule has 2 rings (SSSR count). The molecule has 0 fully saturated rings. The van der Waals surface area contributed by atoms with E-state index >= 15 is 0 Å². The van der Waals surface area contributed by atoms with E-state index in [-0.39, 0.29) is 4.90 Å². The Labute approximate surface area is 127 Å². The summed E-state index contributed by atoms with van der Waals surface area (Å²) in [4.78, 5) is 6.61. The van der Waals surface area contributed by atoms with Crippen LogP contribution in [0.4, 0.5) is 5.69 Å². The van der Waals surface area contributed by atoms with Crippen LogP contribution in [0.15, 0.2) is 17.0 Å². The lowest BCUT2D eigenvalue weighted by Gasteiger charge is -2.20. The van der Waals surface area contributed by atoms with Gasteiger partial charge in [0, 0.05) is 27.7 Å². The molecule has 0 atom stereocenters. The molecule has 0 aliphatic rings. The van der Waals surface area contributed by atoms with Crippen LogP contribution in [0, 0.1) is 0 Å². The Bertz CT molecular complexity index is 729. The average Bonchev–Trinajstić information content (AvgIpc) is 2.92. The van der Waals surface area contributed by atoms with E-state index in [4.69, 9.17) is 5.90 Å². The molecule has 10 heteroatoms. The zero-order valence-corrected chi connectivity index (χ0v) is 13.6. The quantitative estimate of drug-likeness (QED) is 0.758. The van der Waals surface area contributed by atoms with E-state index in [1.807, 2.05) is 11.9 Å². The molecule has 2 aromatic rings. The van der Waals surface area contributed by atoms with Gasteiger partial charge in [0.1, 0.15) is 15.9 Å². The summed E-state index contributed by atoms with van der Waals surface area (Å²) in [5.74, 6) is 5.02. The normalized spacial score (nSPS) is 12.2. The Balaban J connectivity index is 2.54. The number of nitrogens with two attached hydrogens (primary N) is 1. The van der Waals surface area contributed by atoms with Gasteiger partial charge in [0.2, 0.25) is 10.0 Å². The highest BCUT2D eigenvalue weighted by Crippen LogP contribution is 2.30. The van der Waals surface area contributed by atoms with Crippen molar-refractivity contribution in [2.45, 2.75) is 4.90 Å². The number of benzene rings is 1. The standard InChI is InChI=1S/C11H17N5O3S2/c1-15(2)21(17,18)9-5-4-8(16(3)6-7-19-12)10-11(9)14-20-13-10/h4-5H,6-7,12H2,1-3H3. The van der Waals surface area contributed by atoms with E-state index in [0.29, 0.717) is 24.2 Å². The number of sulfonamides is 1. The molecular formula is C11H17N5O3S2. The van der Waals surface area contributed by atoms with Crippen molar-refractivity contribution in [3.8, 4) is 0 Å². The lowest BCUT2D eigenvalue weighted by Crippen LogP contribution is -2.25. The second-order valence-corrected chi connectivity index (χ2v) is 7.27. The molecule has 0 spiro atoms. The number of fused-ring (bicyclic) bond motifs is 1. The summed E-state index contributed by atoms with van der Waals surface area (Å²) >= 11 is 0.985. The van der Waals surface area contributed by atoms with Gasteiger partial charge in [-0.25, -0.2) is 18.6 Å². The predicted molar refractivity (Wildman–Crippen MR) is 81.7 cm³/mol. The van der Waals surface area contributed by atoms with Crippen molar-refractivity contribution >= 4 is 38.5 Å². The lowest BCUT2D eigenvalue weighted by atomic mass is 10.2. The van der Waals surface area contributed by atoms with Gasteiger partial charge in [-0.2, -0.15) is 8.75 Å². The lowest BCUT2D eigenvalue weighted by molar-refractivity contribution is 0.145. The van der Waals surface area contributed by atoms with Crippen molar-refractivity contribution in [1.29, 1.82) is 0 Å². The van der Waals surface area contributed by atoms with Crippen molar-refractivity contribution in [2.24, 2.45) is 5.90 Å². The van der Waals surface area contributed by atoms with Crippen LogP contribution >= 0.6 is 11.7 Å². The summed E-state index contributed by atoms with van der Waals surface area (Å²) in [7, 11) is 1.27. The first-order valence-electron chi connectivity index (χ1n) is 6.10. The third-order valence-electron chi connectivity index (χ3n) is 3.07. The minimum Gasteiger partial charge on any atom is -0.370 e. The fourth-order valence-electron chi connectivity index (χ4n) is 1.85. The molecule has 0 saturated carbocycles. The van der Waals surface area contributed by atoms with E-state index in [2.05, 4.69) is 13.6 Å². The summed E-state index contributed by atoms with van der Waals surface area (Å²) < 4.78 is 34.1. The number of likely N-dealkylation sites (N-methyl/N-ethyl adjacent to an activating group) is 1. The number of hydrogen-bond donors (Lipinski definition) is 1. The monoisotopic (exact) mass is 331 g/mol. The maximum atomic E-state index is 12.3. The van der Waals surface area contributed by atoms with Gasteiger partial charge in [-0.3, -0.25) is 0 Å². The van der Waals surface area contributed by atoms with E-state index in [1.165, 1.54) is 14.1 Å². The van der Waals surface area contributed by atoms with Gasteiger partial charge in [-0.1, -0.05) is 0 Å². The molecule has 0 radical (unpaired) electrons. The molecule has 0 amide bonds. The van der Waals surface area contributed by atoms with Crippen molar-refractivity contribution in [3.05, 3.63) is 12.1 Å². The Morgan fingerprint density at radius 2 is 1.90 bits per heavy atom. The maximum Gasteiger partial charge on any atom is 0.244 e. The fourth-order valence-corrected chi connectivity index (χ4v) is 3.50. The number of nitrogens with zero attached hydrogens (tertiary/aromatic N) is 4. The van der Waals surface area contributed by atoms with Gasteiger partial charge in [-0.15, -0.1) is 0 Å². The van der Waals surface area contributed by atoms with Gasteiger partial charge in [0.05, 0.1) is 24.0 Å². The van der Waals surface area contributed by atoms with Crippen LogP contribution in [0.5, 0.6) is 0 Å². The Kier molecular flexibility index (Phi) is 4.74. The molecule has 1 aromatic heterocycles. The van der Waals surface area contributed by atoms with Gasteiger partial charge < -0.3 is 9.74 Å². The summed E-state index contributed by atoms with van der Waals surface area (Å²) in [5, 5.41) is 0. The maximum absolute atomic E-state index is 12.3. The van der Waals surface area contributed by atoms with Crippen LogP contribution < -0.4 is 10.8 Å². The zero-order chi connectivity index (χ0) is 15.6. The SMILES string of the molecule is CN(CCON)c1ccc(S(=O)(=O)N(C)C)c2nsnc12. The van der Waals surface area contributed by atoms with Crippen molar-refractivity contribution < 1.29 is 13.3 Å². The molecule has 1 heterocycles. The molecule has 0 aliphatic heterocycles. The summed E-state index contributed by atoms with van der Waals surface area (Å²) in [6.45, 7) is 0.913. The van der Waals surface area contributed by atoms with Gasteiger partial charge in [-0.05, 0) is 12.1 Å². The molecule has 116 valence electrons. The first kappa shape index (κ1) is 16.0. The van der Waals surface area contributed by atoms with Crippen LogP contribution in [0.2, 0.25) is 0 Å². The molecular weight excluding hydrogens is 314 g/mol. The highest BCUT2D eigenvalue weighted by molar-refractivity contribution is 7.89. The number of aromatic nitrogens is 2. The van der Waals surface area contributed by atoms with E-state index in [9.17, 15) is 8.42 Å². The number of hydrogen-bond acceptors (Lipinski definition) is 8. The smallest absolute Gasteiger partial charge is 0.244 e. The Hall–Kier alpha value is -1.33. The summed E-state index contributed by atoms with van der Waals surface area (Å²) in [5.41, 5.74) is 1.72. The highest BCUT2D eigenvalue weighted by Gasteiger charge is 2.24. The van der Waals surface area contributed by atoms with Crippen molar-refractivity contribution in [2.75, 3.05) is 39.2 Å². The highest BCUT2D eigenvalue weighted by atomic mass is 32.2. The molecule has 1 aromatic carbocycles. The number of rotatable bonds is 6.